The Morgan fingerprint density at radius 2 is 1.76 bits per heavy atom. The second-order valence-corrected chi connectivity index (χ2v) is 8.71. The minimum absolute atomic E-state index is 0.264. The van der Waals surface area contributed by atoms with Gasteiger partial charge < -0.3 is 19.0 Å². The highest BCUT2D eigenvalue weighted by atomic mass is 19.1. The van der Waals surface area contributed by atoms with Gasteiger partial charge in [0.05, 0.1) is 23.7 Å². The summed E-state index contributed by atoms with van der Waals surface area (Å²) >= 11 is 0. The van der Waals surface area contributed by atoms with Crippen molar-refractivity contribution in [3.05, 3.63) is 107 Å². The zero-order valence-corrected chi connectivity index (χ0v) is 20.7. The van der Waals surface area contributed by atoms with Gasteiger partial charge in [0.25, 0.3) is 0 Å². The monoisotopic (exact) mass is 492 g/mol. The predicted octanol–water partition coefficient (Wildman–Crippen LogP) is 6.76. The van der Waals surface area contributed by atoms with Crippen molar-refractivity contribution in [2.24, 2.45) is 0 Å². The normalized spacial score (nSPS) is 11.5. The molecule has 37 heavy (non-hydrogen) atoms. The van der Waals surface area contributed by atoms with Crippen molar-refractivity contribution in [1.82, 2.24) is 14.5 Å². The van der Waals surface area contributed by atoms with Crippen LogP contribution in [0.5, 0.6) is 11.5 Å². The smallest absolute Gasteiger partial charge is 0.149 e. The molecule has 5 rings (SSSR count). The van der Waals surface area contributed by atoms with Crippen LogP contribution in [0, 0.1) is 31.0 Å². The maximum atomic E-state index is 13.1. The maximum Gasteiger partial charge on any atom is 0.149 e. The summed E-state index contributed by atoms with van der Waals surface area (Å²) in [6, 6.07) is 24.0. The fourth-order valence-corrected chi connectivity index (χ4v) is 4.32. The van der Waals surface area contributed by atoms with E-state index in [0.29, 0.717) is 18.0 Å². The highest BCUT2D eigenvalue weighted by molar-refractivity contribution is 5.91. The van der Waals surface area contributed by atoms with Gasteiger partial charge in [0.15, 0.2) is 0 Å². The molecule has 0 amide bonds. The molecule has 0 bridgehead atoms. The molecule has 0 atom stereocenters. The van der Waals surface area contributed by atoms with E-state index in [1.165, 1.54) is 12.1 Å². The van der Waals surface area contributed by atoms with Crippen molar-refractivity contribution >= 4 is 22.7 Å². The number of fused-ring (bicyclic) bond motifs is 1. The first kappa shape index (κ1) is 23.9. The van der Waals surface area contributed by atoms with Crippen molar-refractivity contribution in [2.75, 3.05) is 7.11 Å². The number of nitrogens with one attached hydrogen (secondary N) is 1. The number of aromatic amines is 1. The van der Waals surface area contributed by atoms with Crippen molar-refractivity contribution in [3.8, 4) is 23.3 Å². The number of imidazole rings is 1. The minimum Gasteiger partial charge on any atom is -0.497 e. The number of nitriles is 1. The molecule has 6 nitrogen and oxygen atoms in total. The molecule has 2 heterocycles. The first-order valence-corrected chi connectivity index (χ1v) is 11.8. The molecule has 0 spiro atoms. The van der Waals surface area contributed by atoms with E-state index in [-0.39, 0.29) is 5.82 Å². The van der Waals surface area contributed by atoms with Gasteiger partial charge in [-0.1, -0.05) is 12.1 Å². The average molecular weight is 493 g/mol. The summed E-state index contributed by atoms with van der Waals surface area (Å²) < 4.78 is 26.4. The lowest BCUT2D eigenvalue weighted by molar-refractivity contribution is 0.306. The van der Waals surface area contributed by atoms with E-state index in [9.17, 15) is 9.65 Å². The van der Waals surface area contributed by atoms with Crippen molar-refractivity contribution in [2.45, 2.75) is 20.5 Å². The van der Waals surface area contributed by atoms with Crippen LogP contribution in [0.15, 0.2) is 72.8 Å². The molecule has 0 saturated heterocycles. The molecule has 5 aromatic rings. The Balaban J connectivity index is 1.39. The Morgan fingerprint density at radius 1 is 1.03 bits per heavy atom. The first-order chi connectivity index (χ1) is 17.9. The molecule has 1 N–H and O–H groups in total. The van der Waals surface area contributed by atoms with E-state index in [1.807, 2.05) is 62.4 Å². The predicted molar refractivity (Wildman–Crippen MR) is 142 cm³/mol. The number of hydrogen-bond donors (Lipinski definition) is 1. The molecular weight excluding hydrogens is 467 g/mol. The number of rotatable bonds is 7. The summed E-state index contributed by atoms with van der Waals surface area (Å²) in [4.78, 5) is 7.81. The van der Waals surface area contributed by atoms with Crippen molar-refractivity contribution in [1.29, 1.82) is 5.26 Å². The van der Waals surface area contributed by atoms with Gasteiger partial charge in [-0.25, -0.2) is 9.37 Å². The van der Waals surface area contributed by atoms with Crippen molar-refractivity contribution < 1.29 is 13.9 Å². The summed E-state index contributed by atoms with van der Waals surface area (Å²) in [5.74, 6) is 1.70. The summed E-state index contributed by atoms with van der Waals surface area (Å²) in [6.45, 7) is 4.42. The van der Waals surface area contributed by atoms with Gasteiger partial charge in [-0.15, -0.1) is 0 Å². The SMILES string of the molecule is COc1ccc2nc(/C(C#N)=C\c3cc(C)n(-c4ccc(OCc5ccc(F)cc5)cc4)c3C)[nH]c2c1. The average Bonchev–Trinajstić information content (AvgIpc) is 3.46. The molecular formula is C30H25FN4O2. The van der Waals surface area contributed by atoms with Crippen LogP contribution in [0.2, 0.25) is 0 Å². The molecule has 7 heteroatoms. The van der Waals surface area contributed by atoms with Gasteiger partial charge in [0.2, 0.25) is 0 Å². The first-order valence-electron chi connectivity index (χ1n) is 11.8. The molecule has 3 aromatic carbocycles. The van der Waals surface area contributed by atoms with Crippen LogP contribution in [0.4, 0.5) is 4.39 Å². The van der Waals surface area contributed by atoms with E-state index in [0.717, 1.165) is 50.7 Å². The van der Waals surface area contributed by atoms with Crippen LogP contribution in [-0.2, 0) is 6.61 Å². The standard InChI is InChI=1S/C30H25FN4O2/c1-19-14-22(15-23(17-32)30-33-28-13-12-27(36-3)16-29(28)34-30)20(2)35(19)25-8-10-26(11-9-25)37-18-21-4-6-24(31)7-5-21/h4-16H,18H2,1-3H3,(H,33,34)/b23-15-. The van der Waals surface area contributed by atoms with E-state index in [4.69, 9.17) is 9.47 Å². The lowest BCUT2D eigenvalue weighted by Crippen LogP contribution is -2.00. The molecule has 0 radical (unpaired) electrons. The number of H-pyrrole nitrogens is 1. The fourth-order valence-electron chi connectivity index (χ4n) is 4.32. The lowest BCUT2D eigenvalue weighted by atomic mass is 10.1. The number of nitrogens with zero attached hydrogens (tertiary/aromatic N) is 3. The van der Waals surface area contributed by atoms with Crippen LogP contribution < -0.4 is 9.47 Å². The number of ether oxygens (including phenoxy) is 2. The topological polar surface area (TPSA) is 75.9 Å². The number of allylic oxidation sites excluding steroid dienone is 1. The molecule has 0 aliphatic carbocycles. The zero-order chi connectivity index (χ0) is 25.9. The lowest BCUT2D eigenvalue weighted by Gasteiger charge is -2.11. The maximum absolute atomic E-state index is 13.1. The largest absolute Gasteiger partial charge is 0.497 e. The summed E-state index contributed by atoms with van der Waals surface area (Å²) in [6.07, 6.45) is 1.86. The zero-order valence-electron chi connectivity index (χ0n) is 20.7. The van der Waals surface area contributed by atoms with Gasteiger partial charge in [-0.2, -0.15) is 5.26 Å². The van der Waals surface area contributed by atoms with Gasteiger partial charge >= 0.3 is 0 Å². The Kier molecular flexibility index (Phi) is 6.48. The van der Waals surface area contributed by atoms with E-state index < -0.39 is 0 Å². The Morgan fingerprint density at radius 3 is 2.46 bits per heavy atom. The third-order valence-corrected chi connectivity index (χ3v) is 6.25. The number of aryl methyl sites for hydroxylation is 1. The number of halogens is 1. The second-order valence-electron chi connectivity index (χ2n) is 8.71. The summed E-state index contributed by atoms with van der Waals surface area (Å²) in [7, 11) is 1.61. The highest BCUT2D eigenvalue weighted by Crippen LogP contribution is 2.27. The van der Waals surface area contributed by atoms with Crippen LogP contribution in [0.3, 0.4) is 0 Å². The van der Waals surface area contributed by atoms with Crippen molar-refractivity contribution in [3.63, 3.8) is 0 Å². The van der Waals surface area contributed by atoms with E-state index in [1.54, 1.807) is 19.2 Å². The van der Waals surface area contributed by atoms with Crippen LogP contribution in [-0.4, -0.2) is 21.6 Å². The molecule has 0 unspecified atom stereocenters. The van der Waals surface area contributed by atoms with Gasteiger partial charge in [-0.05, 0) is 85.6 Å². The van der Waals surface area contributed by atoms with Gasteiger partial charge in [-0.3, -0.25) is 0 Å². The molecule has 0 fully saturated rings. The Labute approximate surface area is 214 Å². The number of methoxy groups -OCH3 is 1. The van der Waals surface area contributed by atoms with Gasteiger partial charge in [0.1, 0.15) is 35.8 Å². The number of hydrogen-bond acceptors (Lipinski definition) is 4. The fraction of sp³-hybridized carbons (Fsp3) is 0.133. The number of benzene rings is 3. The quantitative estimate of drug-likeness (QED) is 0.255. The van der Waals surface area contributed by atoms with E-state index in [2.05, 4.69) is 26.7 Å². The van der Waals surface area contributed by atoms with Crippen LogP contribution in [0.25, 0.3) is 28.4 Å². The Bertz CT molecular complexity index is 1640. The third-order valence-electron chi connectivity index (χ3n) is 6.25. The number of aromatic nitrogens is 3. The highest BCUT2D eigenvalue weighted by Gasteiger charge is 2.13. The summed E-state index contributed by atoms with van der Waals surface area (Å²) in [5, 5.41) is 9.89. The molecule has 0 saturated carbocycles. The van der Waals surface area contributed by atoms with Gasteiger partial charge in [0, 0.05) is 23.1 Å². The molecule has 0 aliphatic rings. The third kappa shape index (κ3) is 4.95. The van der Waals surface area contributed by atoms with Crippen LogP contribution in [0.1, 0.15) is 28.3 Å². The minimum atomic E-state index is -0.264. The molecule has 0 aliphatic heterocycles. The second kappa shape index (κ2) is 10.0. The summed E-state index contributed by atoms with van der Waals surface area (Å²) in [5.41, 5.74) is 6.88. The molecule has 2 aromatic heterocycles. The molecule has 184 valence electrons. The Hall–Kier alpha value is -4.83. The van der Waals surface area contributed by atoms with E-state index >= 15 is 0 Å². The van der Waals surface area contributed by atoms with Crippen LogP contribution >= 0.6 is 0 Å².